The van der Waals surface area contributed by atoms with Crippen molar-refractivity contribution in [3.05, 3.63) is 23.8 Å². The fourth-order valence-corrected chi connectivity index (χ4v) is 1.35. The van der Waals surface area contributed by atoms with Crippen LogP contribution in [0.2, 0.25) is 0 Å². The van der Waals surface area contributed by atoms with Crippen molar-refractivity contribution in [3.63, 3.8) is 0 Å². The Balaban J connectivity index is 2.94. The van der Waals surface area contributed by atoms with Crippen LogP contribution in [0.4, 0.5) is 0 Å². The summed E-state index contributed by atoms with van der Waals surface area (Å²) in [4.78, 5) is 10.5. The van der Waals surface area contributed by atoms with E-state index in [0.717, 1.165) is 5.56 Å². The molecule has 0 radical (unpaired) electrons. The summed E-state index contributed by atoms with van der Waals surface area (Å²) in [5.41, 5.74) is 0.864. The molecule has 0 saturated carbocycles. The molecule has 5 nitrogen and oxygen atoms in total. The second kappa shape index (κ2) is 5.97. The number of hydrogen-bond donors (Lipinski definition) is 2. The molecular formula is C11H15NO4. The van der Waals surface area contributed by atoms with Gasteiger partial charge in [-0.1, -0.05) is 12.1 Å². The first-order chi connectivity index (χ1) is 7.69. The van der Waals surface area contributed by atoms with Gasteiger partial charge in [0.1, 0.15) is 0 Å². The molecule has 0 unspecified atom stereocenters. The van der Waals surface area contributed by atoms with Gasteiger partial charge in [0.2, 0.25) is 0 Å². The number of ether oxygens (including phenoxy) is 2. The zero-order valence-corrected chi connectivity index (χ0v) is 9.32. The van der Waals surface area contributed by atoms with E-state index in [1.807, 2.05) is 12.1 Å². The Morgan fingerprint density at radius 3 is 2.81 bits per heavy atom. The highest BCUT2D eigenvalue weighted by Gasteiger charge is 2.11. The number of hydrogen-bond acceptors (Lipinski definition) is 4. The van der Waals surface area contributed by atoms with Crippen LogP contribution in [0, 0.1) is 0 Å². The van der Waals surface area contributed by atoms with Crippen LogP contribution in [-0.2, 0) is 11.3 Å². The topological polar surface area (TPSA) is 67.8 Å². The summed E-state index contributed by atoms with van der Waals surface area (Å²) in [5.74, 6) is -0.00272. The number of carbonyl (C=O) groups is 1. The van der Waals surface area contributed by atoms with Crippen molar-refractivity contribution < 1.29 is 19.4 Å². The average Bonchev–Trinajstić information content (AvgIpc) is 2.27. The molecule has 2 N–H and O–H groups in total. The van der Waals surface area contributed by atoms with Gasteiger partial charge in [-0.3, -0.25) is 0 Å². The van der Waals surface area contributed by atoms with Crippen LogP contribution in [0.5, 0.6) is 11.5 Å². The maximum atomic E-state index is 10.5. The third kappa shape index (κ3) is 3.13. The van der Waals surface area contributed by atoms with Crippen molar-refractivity contribution in [2.24, 2.45) is 0 Å². The molecule has 0 heterocycles. The second-order valence-electron chi connectivity index (χ2n) is 3.16. The van der Waals surface area contributed by atoms with E-state index in [2.05, 4.69) is 5.32 Å². The Bertz CT molecular complexity index is 365. The fourth-order valence-electron chi connectivity index (χ4n) is 1.35. The van der Waals surface area contributed by atoms with Crippen LogP contribution in [0.1, 0.15) is 5.56 Å². The molecule has 1 rings (SSSR count). The normalized spacial score (nSPS) is 9.88. The Morgan fingerprint density at radius 1 is 1.50 bits per heavy atom. The number of methoxy groups -OCH3 is 1. The lowest BCUT2D eigenvalue weighted by Crippen LogP contribution is -2.13. The molecule has 0 amide bonds. The number of carboxylic acids is 1. The molecule has 0 aliphatic carbocycles. The minimum Gasteiger partial charge on any atom is -0.493 e. The first-order valence-corrected chi connectivity index (χ1v) is 4.84. The van der Waals surface area contributed by atoms with E-state index in [9.17, 15) is 4.79 Å². The van der Waals surface area contributed by atoms with Gasteiger partial charge in [0, 0.05) is 12.1 Å². The van der Waals surface area contributed by atoms with Gasteiger partial charge in [-0.05, 0) is 13.1 Å². The summed E-state index contributed by atoms with van der Waals surface area (Å²) < 4.78 is 10.3. The van der Waals surface area contributed by atoms with Crippen molar-refractivity contribution in [3.8, 4) is 11.5 Å². The molecule has 5 heteroatoms. The van der Waals surface area contributed by atoms with Crippen LogP contribution in [0.15, 0.2) is 18.2 Å². The summed E-state index contributed by atoms with van der Waals surface area (Å²) >= 11 is 0. The van der Waals surface area contributed by atoms with Crippen molar-refractivity contribution in [2.45, 2.75) is 6.54 Å². The number of benzene rings is 1. The fraction of sp³-hybridized carbons (Fsp3) is 0.364. The molecule has 88 valence electrons. The van der Waals surface area contributed by atoms with Gasteiger partial charge in [-0.25, -0.2) is 4.79 Å². The molecule has 0 spiro atoms. The average molecular weight is 225 g/mol. The highest BCUT2D eigenvalue weighted by molar-refractivity contribution is 5.68. The Labute approximate surface area is 94.0 Å². The second-order valence-corrected chi connectivity index (χ2v) is 3.16. The summed E-state index contributed by atoms with van der Waals surface area (Å²) in [5, 5.41) is 11.6. The molecule has 1 aromatic rings. The molecule has 0 aromatic heterocycles. The first-order valence-electron chi connectivity index (χ1n) is 4.84. The van der Waals surface area contributed by atoms with Crippen LogP contribution in [0.3, 0.4) is 0 Å². The zero-order chi connectivity index (χ0) is 12.0. The molecule has 0 saturated heterocycles. The molecule has 0 atom stereocenters. The maximum absolute atomic E-state index is 10.5. The largest absolute Gasteiger partial charge is 0.493 e. The zero-order valence-electron chi connectivity index (χ0n) is 9.32. The number of carboxylic acid groups (broad SMARTS) is 1. The summed E-state index contributed by atoms with van der Waals surface area (Å²) in [7, 11) is 3.33. The molecule has 0 bridgehead atoms. The molecule has 0 aliphatic heterocycles. The molecular weight excluding hydrogens is 210 g/mol. The van der Waals surface area contributed by atoms with Crippen LogP contribution in [-0.4, -0.2) is 31.8 Å². The molecule has 0 fully saturated rings. The smallest absolute Gasteiger partial charge is 0.341 e. The third-order valence-electron chi connectivity index (χ3n) is 1.99. The van der Waals surface area contributed by atoms with E-state index in [0.29, 0.717) is 18.0 Å². The molecule has 1 aromatic carbocycles. The van der Waals surface area contributed by atoms with E-state index in [-0.39, 0.29) is 6.61 Å². The lowest BCUT2D eigenvalue weighted by atomic mass is 10.2. The summed E-state index contributed by atoms with van der Waals surface area (Å²) in [6.07, 6.45) is 0. The van der Waals surface area contributed by atoms with Crippen molar-refractivity contribution >= 4 is 5.97 Å². The van der Waals surface area contributed by atoms with E-state index in [4.69, 9.17) is 14.6 Å². The van der Waals surface area contributed by atoms with Gasteiger partial charge in [-0.15, -0.1) is 0 Å². The number of nitrogens with one attached hydrogen (secondary N) is 1. The van der Waals surface area contributed by atoms with Gasteiger partial charge < -0.3 is 19.9 Å². The van der Waals surface area contributed by atoms with Crippen LogP contribution in [0.25, 0.3) is 0 Å². The lowest BCUT2D eigenvalue weighted by molar-refractivity contribution is -0.139. The minimum atomic E-state index is -1.01. The standard InChI is InChI=1S/C11H15NO4/c1-12-6-8-4-3-5-9(15-2)11(8)16-7-10(13)14/h3-5,12H,6-7H2,1-2H3,(H,13,14). The highest BCUT2D eigenvalue weighted by Crippen LogP contribution is 2.30. The van der Waals surface area contributed by atoms with Gasteiger partial charge in [-0.2, -0.15) is 0 Å². The Morgan fingerprint density at radius 2 is 2.25 bits per heavy atom. The van der Waals surface area contributed by atoms with Gasteiger partial charge in [0.05, 0.1) is 7.11 Å². The SMILES string of the molecule is CNCc1cccc(OC)c1OCC(=O)O. The number of rotatable bonds is 6. The lowest BCUT2D eigenvalue weighted by Gasteiger charge is -2.13. The molecule has 16 heavy (non-hydrogen) atoms. The van der Waals surface area contributed by atoms with Crippen LogP contribution < -0.4 is 14.8 Å². The van der Waals surface area contributed by atoms with Gasteiger partial charge >= 0.3 is 5.97 Å². The Kier molecular flexibility index (Phi) is 4.60. The maximum Gasteiger partial charge on any atom is 0.341 e. The van der Waals surface area contributed by atoms with E-state index < -0.39 is 5.97 Å². The van der Waals surface area contributed by atoms with Gasteiger partial charge in [0.25, 0.3) is 0 Å². The number of para-hydroxylation sites is 1. The van der Waals surface area contributed by atoms with Crippen molar-refractivity contribution in [1.29, 1.82) is 0 Å². The van der Waals surface area contributed by atoms with E-state index >= 15 is 0 Å². The number of aliphatic carboxylic acids is 1. The Hall–Kier alpha value is -1.75. The predicted octanol–water partition coefficient (Wildman–Crippen LogP) is 0.878. The highest BCUT2D eigenvalue weighted by atomic mass is 16.5. The van der Waals surface area contributed by atoms with E-state index in [1.54, 1.807) is 13.1 Å². The van der Waals surface area contributed by atoms with Crippen LogP contribution >= 0.6 is 0 Å². The minimum absolute atomic E-state index is 0.378. The summed E-state index contributed by atoms with van der Waals surface area (Å²) in [6, 6.07) is 5.42. The first kappa shape index (κ1) is 12.3. The molecule has 0 aliphatic rings. The van der Waals surface area contributed by atoms with E-state index in [1.165, 1.54) is 7.11 Å². The third-order valence-corrected chi connectivity index (χ3v) is 1.99. The predicted molar refractivity (Wildman–Crippen MR) is 58.9 cm³/mol. The monoisotopic (exact) mass is 225 g/mol. The summed E-state index contributed by atoms with van der Waals surface area (Å²) in [6.45, 7) is 0.212. The van der Waals surface area contributed by atoms with Crippen molar-refractivity contribution in [2.75, 3.05) is 20.8 Å². The van der Waals surface area contributed by atoms with Crippen molar-refractivity contribution in [1.82, 2.24) is 5.32 Å². The quantitative estimate of drug-likeness (QED) is 0.752. The van der Waals surface area contributed by atoms with Gasteiger partial charge in [0.15, 0.2) is 18.1 Å².